The summed E-state index contributed by atoms with van der Waals surface area (Å²) in [5, 5.41) is 15.8. The van der Waals surface area contributed by atoms with Crippen molar-refractivity contribution in [3.05, 3.63) is 100 Å². The van der Waals surface area contributed by atoms with Gasteiger partial charge in [-0.2, -0.15) is 5.10 Å². The number of amides is 1. The molecule has 0 fully saturated rings. The van der Waals surface area contributed by atoms with Crippen molar-refractivity contribution < 1.29 is 14.5 Å². The predicted molar refractivity (Wildman–Crippen MR) is 127 cm³/mol. The molecule has 0 saturated carbocycles. The Balaban J connectivity index is 1.70. The van der Waals surface area contributed by atoms with Crippen LogP contribution in [0.2, 0.25) is 0 Å². The minimum Gasteiger partial charge on any atom is -0.493 e. The van der Waals surface area contributed by atoms with Gasteiger partial charge in [0.25, 0.3) is 11.6 Å². The molecule has 0 aliphatic heterocycles. The Labute approximate surface area is 189 Å². The molecule has 1 heterocycles. The van der Waals surface area contributed by atoms with Crippen molar-refractivity contribution >= 4 is 28.7 Å². The van der Waals surface area contributed by atoms with Gasteiger partial charge in [0.1, 0.15) is 5.75 Å². The fourth-order valence-corrected chi connectivity index (χ4v) is 3.44. The third-order valence-electron chi connectivity index (χ3n) is 4.93. The van der Waals surface area contributed by atoms with E-state index in [1.807, 2.05) is 49.4 Å². The number of aromatic nitrogens is 1. The highest BCUT2D eigenvalue weighted by atomic mass is 16.6. The minimum absolute atomic E-state index is 0.0975. The Bertz CT molecular complexity index is 1370. The highest BCUT2D eigenvalue weighted by Gasteiger charge is 2.16. The van der Waals surface area contributed by atoms with Crippen LogP contribution in [0.15, 0.2) is 84.0 Å². The molecule has 4 aromatic rings. The number of para-hydroxylation sites is 3. The van der Waals surface area contributed by atoms with Gasteiger partial charge in [-0.1, -0.05) is 42.5 Å². The SMILES string of the molecule is CCOc1ccccc1-c1cc(C(=O)N/N=C\c2ccccc2[N+](=O)[O-])c2ccccc2n1. The van der Waals surface area contributed by atoms with E-state index in [4.69, 9.17) is 9.72 Å². The fourth-order valence-electron chi connectivity index (χ4n) is 3.44. The molecule has 3 aromatic carbocycles. The lowest BCUT2D eigenvalue weighted by atomic mass is 10.0. The Hall–Kier alpha value is -4.59. The van der Waals surface area contributed by atoms with E-state index in [9.17, 15) is 14.9 Å². The summed E-state index contributed by atoms with van der Waals surface area (Å²) in [6.07, 6.45) is 1.25. The number of nitrogens with zero attached hydrogens (tertiary/aromatic N) is 3. The summed E-state index contributed by atoms with van der Waals surface area (Å²) >= 11 is 0. The summed E-state index contributed by atoms with van der Waals surface area (Å²) in [7, 11) is 0. The van der Waals surface area contributed by atoms with Crippen LogP contribution >= 0.6 is 0 Å². The number of pyridine rings is 1. The van der Waals surface area contributed by atoms with Crippen molar-refractivity contribution in [3.63, 3.8) is 0 Å². The summed E-state index contributed by atoms with van der Waals surface area (Å²) in [5.41, 5.74) is 5.04. The molecule has 0 spiro atoms. The van der Waals surface area contributed by atoms with Crippen molar-refractivity contribution in [1.82, 2.24) is 10.4 Å². The standard InChI is InChI=1S/C25H20N4O4/c1-2-33-24-14-8-5-11-19(24)22-15-20(18-10-4-6-12-21(18)27-22)25(30)28-26-16-17-9-3-7-13-23(17)29(31)32/h3-16H,2H2,1H3,(H,28,30)/b26-16-. The van der Waals surface area contributed by atoms with Gasteiger partial charge in [-0.25, -0.2) is 10.4 Å². The molecule has 0 radical (unpaired) electrons. The van der Waals surface area contributed by atoms with Crippen molar-refractivity contribution in [2.75, 3.05) is 6.61 Å². The topological polar surface area (TPSA) is 107 Å². The average molecular weight is 440 g/mol. The molecule has 1 N–H and O–H groups in total. The second-order valence-electron chi connectivity index (χ2n) is 7.02. The Morgan fingerprint density at radius 1 is 1.09 bits per heavy atom. The Morgan fingerprint density at radius 3 is 2.64 bits per heavy atom. The summed E-state index contributed by atoms with van der Waals surface area (Å²) in [6.45, 7) is 2.40. The van der Waals surface area contributed by atoms with Gasteiger partial charge in [0.15, 0.2) is 0 Å². The molecule has 0 aliphatic carbocycles. The number of ether oxygens (including phenoxy) is 1. The van der Waals surface area contributed by atoms with Crippen LogP contribution in [0.4, 0.5) is 5.69 Å². The fraction of sp³-hybridized carbons (Fsp3) is 0.0800. The van der Waals surface area contributed by atoms with Crippen LogP contribution in [0.5, 0.6) is 5.75 Å². The van der Waals surface area contributed by atoms with Gasteiger partial charge in [0.05, 0.1) is 40.1 Å². The summed E-state index contributed by atoms with van der Waals surface area (Å²) in [5.74, 6) is 0.210. The molecule has 1 amide bonds. The van der Waals surface area contributed by atoms with Gasteiger partial charge < -0.3 is 4.74 Å². The third-order valence-corrected chi connectivity index (χ3v) is 4.93. The van der Waals surface area contributed by atoms with Gasteiger partial charge in [0, 0.05) is 17.0 Å². The molecule has 1 aromatic heterocycles. The first-order chi connectivity index (χ1) is 16.1. The van der Waals surface area contributed by atoms with Crippen LogP contribution in [0.25, 0.3) is 22.2 Å². The number of carbonyl (C=O) groups excluding carboxylic acids is 1. The number of hydrogen-bond donors (Lipinski definition) is 1. The van der Waals surface area contributed by atoms with Crippen LogP contribution in [0.3, 0.4) is 0 Å². The van der Waals surface area contributed by atoms with Crippen molar-refractivity contribution in [2.24, 2.45) is 5.10 Å². The molecular formula is C25H20N4O4. The number of nitro benzene ring substituents is 1. The lowest BCUT2D eigenvalue weighted by Crippen LogP contribution is -2.18. The third kappa shape index (κ3) is 4.69. The molecule has 0 saturated heterocycles. The average Bonchev–Trinajstić information content (AvgIpc) is 2.84. The number of benzene rings is 3. The molecule has 8 heteroatoms. The molecule has 0 bridgehead atoms. The van der Waals surface area contributed by atoms with Crippen LogP contribution in [0, 0.1) is 10.1 Å². The minimum atomic E-state index is -0.498. The maximum atomic E-state index is 13.0. The normalized spacial score (nSPS) is 10.9. The first-order valence-electron chi connectivity index (χ1n) is 10.3. The van der Waals surface area contributed by atoms with Gasteiger partial charge >= 0.3 is 0 Å². The van der Waals surface area contributed by atoms with Crippen molar-refractivity contribution in [3.8, 4) is 17.0 Å². The molecule has 4 rings (SSSR count). The largest absolute Gasteiger partial charge is 0.493 e. The molecule has 8 nitrogen and oxygen atoms in total. The van der Waals surface area contributed by atoms with Crippen LogP contribution < -0.4 is 10.2 Å². The number of nitro groups is 1. The summed E-state index contributed by atoms with van der Waals surface area (Å²) in [6, 6.07) is 22.7. The van der Waals surface area contributed by atoms with E-state index in [0.717, 1.165) is 5.56 Å². The van der Waals surface area contributed by atoms with Gasteiger partial charge in [0.2, 0.25) is 0 Å². The zero-order chi connectivity index (χ0) is 23.2. The first kappa shape index (κ1) is 21.6. The zero-order valence-corrected chi connectivity index (χ0v) is 17.8. The molecular weight excluding hydrogens is 420 g/mol. The maximum Gasteiger partial charge on any atom is 0.278 e. The van der Waals surface area contributed by atoms with Crippen LogP contribution in [-0.4, -0.2) is 28.6 Å². The Kier molecular flexibility index (Phi) is 6.36. The molecule has 0 aliphatic rings. The van der Waals surface area contributed by atoms with E-state index in [1.165, 1.54) is 12.3 Å². The summed E-state index contributed by atoms with van der Waals surface area (Å²) in [4.78, 5) is 28.4. The quantitative estimate of drug-likeness (QED) is 0.248. The highest BCUT2D eigenvalue weighted by Crippen LogP contribution is 2.31. The highest BCUT2D eigenvalue weighted by molar-refractivity contribution is 6.07. The van der Waals surface area contributed by atoms with Gasteiger partial charge in [-0.15, -0.1) is 0 Å². The van der Waals surface area contributed by atoms with Crippen LogP contribution in [-0.2, 0) is 0 Å². The van der Waals surface area contributed by atoms with Crippen molar-refractivity contribution in [1.29, 1.82) is 0 Å². The predicted octanol–water partition coefficient (Wildman–Crippen LogP) is 4.97. The van der Waals surface area contributed by atoms with Crippen molar-refractivity contribution in [2.45, 2.75) is 6.92 Å². The van der Waals surface area contributed by atoms with E-state index < -0.39 is 10.8 Å². The monoisotopic (exact) mass is 440 g/mol. The smallest absolute Gasteiger partial charge is 0.278 e. The number of hydrogen-bond acceptors (Lipinski definition) is 6. The number of nitrogens with one attached hydrogen (secondary N) is 1. The zero-order valence-electron chi connectivity index (χ0n) is 17.8. The van der Waals surface area contributed by atoms with Crippen LogP contribution in [0.1, 0.15) is 22.8 Å². The van der Waals surface area contributed by atoms with E-state index >= 15 is 0 Å². The summed E-state index contributed by atoms with van der Waals surface area (Å²) < 4.78 is 5.73. The maximum absolute atomic E-state index is 13.0. The second kappa shape index (κ2) is 9.69. The Morgan fingerprint density at radius 2 is 1.82 bits per heavy atom. The number of carbonyl (C=O) groups is 1. The second-order valence-corrected chi connectivity index (χ2v) is 7.02. The lowest BCUT2D eigenvalue weighted by molar-refractivity contribution is -0.385. The molecule has 33 heavy (non-hydrogen) atoms. The number of hydrazone groups is 1. The first-order valence-corrected chi connectivity index (χ1v) is 10.3. The van der Waals surface area contributed by atoms with E-state index in [-0.39, 0.29) is 11.3 Å². The molecule has 164 valence electrons. The molecule has 0 atom stereocenters. The number of rotatable bonds is 7. The van der Waals surface area contributed by atoms with E-state index in [2.05, 4.69) is 10.5 Å². The number of fused-ring (bicyclic) bond motifs is 1. The molecule has 0 unspecified atom stereocenters. The van der Waals surface area contributed by atoms with Gasteiger partial charge in [-0.05, 0) is 37.3 Å². The van der Waals surface area contributed by atoms with Gasteiger partial charge in [-0.3, -0.25) is 14.9 Å². The van der Waals surface area contributed by atoms with E-state index in [1.54, 1.807) is 30.3 Å². The van der Waals surface area contributed by atoms with E-state index in [0.29, 0.717) is 34.5 Å². The lowest BCUT2D eigenvalue weighted by Gasteiger charge is -2.12.